The quantitative estimate of drug-likeness (QED) is 0.910. The summed E-state index contributed by atoms with van der Waals surface area (Å²) in [6.45, 7) is 0. The fourth-order valence-corrected chi connectivity index (χ4v) is 1.76. The number of methoxy groups -OCH3 is 1. The second-order valence-electron chi connectivity index (χ2n) is 3.37. The molecular formula is C11H9Cl2N3O2. The van der Waals surface area contributed by atoms with Crippen molar-refractivity contribution < 1.29 is 4.74 Å². The topological polar surface area (TPSA) is 67.0 Å². The van der Waals surface area contributed by atoms with Crippen LogP contribution in [-0.2, 0) is 0 Å². The highest BCUT2D eigenvalue weighted by molar-refractivity contribution is 6.33. The van der Waals surface area contributed by atoms with Gasteiger partial charge in [-0.1, -0.05) is 23.2 Å². The average molecular weight is 286 g/mol. The number of nitrogens with one attached hydrogen (secondary N) is 2. The molecule has 0 aliphatic rings. The van der Waals surface area contributed by atoms with Crippen LogP contribution in [0.25, 0.3) is 0 Å². The largest absolute Gasteiger partial charge is 0.495 e. The molecule has 0 bridgehead atoms. The van der Waals surface area contributed by atoms with Crippen molar-refractivity contribution in [2.75, 3.05) is 12.4 Å². The van der Waals surface area contributed by atoms with Crippen molar-refractivity contribution in [1.29, 1.82) is 0 Å². The first-order valence-electron chi connectivity index (χ1n) is 4.95. The highest BCUT2D eigenvalue weighted by Crippen LogP contribution is 2.29. The van der Waals surface area contributed by atoms with Crippen LogP contribution in [0.2, 0.25) is 10.0 Å². The van der Waals surface area contributed by atoms with Crippen molar-refractivity contribution >= 4 is 34.7 Å². The van der Waals surface area contributed by atoms with Gasteiger partial charge in [-0.2, -0.15) is 0 Å². The molecule has 0 atom stereocenters. The summed E-state index contributed by atoms with van der Waals surface area (Å²) in [5, 5.41) is 3.34. The predicted octanol–water partition coefficient (Wildman–Crippen LogP) is 2.83. The van der Waals surface area contributed by atoms with Gasteiger partial charge in [-0.25, -0.2) is 4.98 Å². The molecule has 0 saturated heterocycles. The third-order valence-corrected chi connectivity index (χ3v) is 2.86. The number of hydrogen-bond acceptors (Lipinski definition) is 4. The third-order valence-electron chi connectivity index (χ3n) is 2.21. The number of nitrogens with zero attached hydrogens (tertiary/aromatic N) is 1. The minimum atomic E-state index is -0.409. The van der Waals surface area contributed by atoms with Gasteiger partial charge in [0.25, 0.3) is 5.56 Å². The van der Waals surface area contributed by atoms with Crippen LogP contribution in [0.3, 0.4) is 0 Å². The first-order chi connectivity index (χ1) is 8.61. The Bertz CT molecular complexity index is 628. The molecule has 0 spiro atoms. The second kappa shape index (κ2) is 5.29. The molecule has 5 nitrogen and oxygen atoms in total. The van der Waals surface area contributed by atoms with E-state index in [1.165, 1.54) is 13.4 Å². The molecule has 0 fully saturated rings. The van der Waals surface area contributed by atoms with Crippen LogP contribution in [-0.4, -0.2) is 17.1 Å². The van der Waals surface area contributed by atoms with Crippen LogP contribution < -0.4 is 15.6 Å². The van der Waals surface area contributed by atoms with E-state index in [1.807, 2.05) is 0 Å². The van der Waals surface area contributed by atoms with E-state index in [0.29, 0.717) is 16.5 Å². The number of benzene rings is 1. The van der Waals surface area contributed by atoms with Crippen LogP contribution >= 0.6 is 23.2 Å². The highest BCUT2D eigenvalue weighted by atomic mass is 35.5. The molecule has 2 aromatic rings. The van der Waals surface area contributed by atoms with Gasteiger partial charge in [0, 0.05) is 5.69 Å². The molecule has 7 heteroatoms. The van der Waals surface area contributed by atoms with Crippen molar-refractivity contribution in [2.24, 2.45) is 0 Å². The zero-order chi connectivity index (χ0) is 13.1. The molecule has 2 rings (SSSR count). The summed E-state index contributed by atoms with van der Waals surface area (Å²) in [6.07, 6.45) is 1.27. The lowest BCUT2D eigenvalue weighted by Crippen LogP contribution is -2.09. The monoisotopic (exact) mass is 285 g/mol. The number of halogens is 2. The number of ether oxygens (including phenoxy) is 1. The minimum Gasteiger partial charge on any atom is -0.495 e. The number of aromatic nitrogens is 2. The van der Waals surface area contributed by atoms with E-state index in [-0.39, 0.29) is 10.8 Å². The van der Waals surface area contributed by atoms with Gasteiger partial charge < -0.3 is 15.0 Å². The number of anilines is 2. The fraction of sp³-hybridized carbons (Fsp3) is 0.0909. The standard InChI is InChI=1S/C11H9Cl2N3O2/c1-18-8-3-2-6(4-7(8)12)16-10-9(13)11(17)15-5-14-10/h2-5H,1H3,(H2,14,15,16,17). The molecule has 18 heavy (non-hydrogen) atoms. The van der Waals surface area contributed by atoms with Gasteiger partial charge in [0.2, 0.25) is 0 Å². The lowest BCUT2D eigenvalue weighted by molar-refractivity contribution is 0.415. The molecule has 0 aliphatic heterocycles. The van der Waals surface area contributed by atoms with Crippen LogP contribution in [0.1, 0.15) is 0 Å². The van der Waals surface area contributed by atoms with Gasteiger partial charge in [-0.05, 0) is 18.2 Å². The van der Waals surface area contributed by atoms with Crippen molar-refractivity contribution in [2.45, 2.75) is 0 Å². The number of rotatable bonds is 3. The maximum Gasteiger partial charge on any atom is 0.271 e. The minimum absolute atomic E-state index is 0.00978. The predicted molar refractivity (Wildman–Crippen MR) is 71.2 cm³/mol. The number of hydrogen-bond donors (Lipinski definition) is 2. The fourth-order valence-electron chi connectivity index (χ4n) is 1.35. The normalized spacial score (nSPS) is 10.2. The molecular weight excluding hydrogens is 277 g/mol. The molecule has 1 aromatic carbocycles. The van der Waals surface area contributed by atoms with E-state index in [4.69, 9.17) is 27.9 Å². The van der Waals surface area contributed by atoms with Crippen molar-refractivity contribution in [3.05, 3.63) is 44.9 Å². The van der Waals surface area contributed by atoms with Gasteiger partial charge >= 0.3 is 0 Å². The van der Waals surface area contributed by atoms with Crippen LogP contribution in [0.15, 0.2) is 29.3 Å². The zero-order valence-electron chi connectivity index (χ0n) is 9.33. The highest BCUT2D eigenvalue weighted by Gasteiger charge is 2.07. The Morgan fingerprint density at radius 3 is 2.83 bits per heavy atom. The summed E-state index contributed by atoms with van der Waals surface area (Å²) >= 11 is 11.8. The molecule has 0 unspecified atom stereocenters. The SMILES string of the molecule is COc1ccc(Nc2nc[nH]c(=O)c2Cl)cc1Cl. The number of aromatic amines is 1. The Kier molecular flexibility index (Phi) is 3.74. The molecule has 0 saturated carbocycles. The molecule has 94 valence electrons. The number of H-pyrrole nitrogens is 1. The van der Waals surface area contributed by atoms with E-state index in [1.54, 1.807) is 18.2 Å². The van der Waals surface area contributed by atoms with E-state index < -0.39 is 5.56 Å². The summed E-state index contributed by atoms with van der Waals surface area (Å²) in [6, 6.07) is 5.09. The van der Waals surface area contributed by atoms with Crippen LogP contribution in [0.5, 0.6) is 5.75 Å². The summed E-state index contributed by atoms with van der Waals surface area (Å²) < 4.78 is 5.04. The summed E-state index contributed by atoms with van der Waals surface area (Å²) in [5.41, 5.74) is 0.245. The Balaban J connectivity index is 2.32. The summed E-state index contributed by atoms with van der Waals surface area (Å²) in [5.74, 6) is 0.828. The van der Waals surface area contributed by atoms with Gasteiger partial charge in [0.1, 0.15) is 10.8 Å². The molecule has 0 amide bonds. The molecule has 2 N–H and O–H groups in total. The second-order valence-corrected chi connectivity index (χ2v) is 4.15. The molecule has 0 radical (unpaired) electrons. The van der Waals surface area contributed by atoms with Crippen molar-refractivity contribution in [3.8, 4) is 5.75 Å². The molecule has 1 aromatic heterocycles. The van der Waals surface area contributed by atoms with Gasteiger partial charge in [0.05, 0.1) is 18.5 Å². The lowest BCUT2D eigenvalue weighted by atomic mass is 10.3. The van der Waals surface area contributed by atoms with Gasteiger partial charge in [-0.3, -0.25) is 4.79 Å². The molecule has 1 heterocycles. The van der Waals surface area contributed by atoms with Gasteiger partial charge in [-0.15, -0.1) is 0 Å². The Labute approximate surface area is 113 Å². The maximum absolute atomic E-state index is 11.3. The first kappa shape index (κ1) is 12.7. The average Bonchev–Trinajstić information content (AvgIpc) is 2.35. The Morgan fingerprint density at radius 1 is 1.39 bits per heavy atom. The zero-order valence-corrected chi connectivity index (χ0v) is 10.8. The van der Waals surface area contributed by atoms with Gasteiger partial charge in [0.15, 0.2) is 5.82 Å². The van der Waals surface area contributed by atoms with Crippen molar-refractivity contribution in [3.63, 3.8) is 0 Å². The van der Waals surface area contributed by atoms with E-state index in [2.05, 4.69) is 15.3 Å². The van der Waals surface area contributed by atoms with Crippen LogP contribution in [0, 0.1) is 0 Å². The Hall–Kier alpha value is -1.72. The molecule has 0 aliphatic carbocycles. The van der Waals surface area contributed by atoms with E-state index in [9.17, 15) is 4.79 Å². The van der Waals surface area contributed by atoms with E-state index in [0.717, 1.165) is 0 Å². The first-order valence-corrected chi connectivity index (χ1v) is 5.71. The maximum atomic E-state index is 11.3. The summed E-state index contributed by atoms with van der Waals surface area (Å²) in [7, 11) is 1.53. The third kappa shape index (κ3) is 2.57. The van der Waals surface area contributed by atoms with Crippen molar-refractivity contribution in [1.82, 2.24) is 9.97 Å². The smallest absolute Gasteiger partial charge is 0.271 e. The summed E-state index contributed by atoms with van der Waals surface area (Å²) in [4.78, 5) is 17.6. The van der Waals surface area contributed by atoms with Crippen LogP contribution in [0.4, 0.5) is 11.5 Å². The lowest BCUT2D eigenvalue weighted by Gasteiger charge is -2.08. The van der Waals surface area contributed by atoms with E-state index >= 15 is 0 Å². The Morgan fingerprint density at radius 2 is 2.17 bits per heavy atom.